The Bertz CT molecular complexity index is 234. The van der Waals surface area contributed by atoms with Crippen LogP contribution in [0.2, 0.25) is 0 Å². The smallest absolute Gasteiger partial charge is 0.236 e. The molecule has 1 heterocycles. The molecule has 0 bridgehead atoms. The molecule has 2 atom stereocenters. The topological polar surface area (TPSA) is 35.6 Å². The second-order valence-electron chi connectivity index (χ2n) is 4.52. The maximum Gasteiger partial charge on any atom is 0.236 e. The number of rotatable bonds is 4. The zero-order chi connectivity index (χ0) is 12.1. The third kappa shape index (κ3) is 4.45. The van der Waals surface area contributed by atoms with Crippen molar-refractivity contribution >= 4 is 18.3 Å². The molecule has 17 heavy (non-hydrogen) atoms. The molecule has 1 aliphatic heterocycles. The second kappa shape index (κ2) is 7.90. The first-order valence-electron chi connectivity index (χ1n) is 6.35. The molecule has 0 aromatic carbocycles. The maximum absolute atomic E-state index is 12.0. The molecule has 1 fully saturated rings. The minimum absolute atomic E-state index is 0. The van der Waals surface area contributed by atoms with Gasteiger partial charge in [0.25, 0.3) is 0 Å². The third-order valence-corrected chi connectivity index (χ3v) is 3.62. The van der Waals surface area contributed by atoms with Crippen LogP contribution < -0.4 is 5.32 Å². The van der Waals surface area contributed by atoms with E-state index in [-0.39, 0.29) is 18.3 Å². The highest BCUT2D eigenvalue weighted by molar-refractivity contribution is 5.85. The lowest BCUT2D eigenvalue weighted by Gasteiger charge is -2.38. The quantitative estimate of drug-likeness (QED) is 0.821. The van der Waals surface area contributed by atoms with Crippen molar-refractivity contribution < 1.29 is 4.79 Å². The molecule has 0 radical (unpaired) electrons. The van der Waals surface area contributed by atoms with Crippen LogP contribution >= 0.6 is 12.4 Å². The number of halogens is 1. The normalized spacial score (nSPS) is 25.2. The first-order valence-corrected chi connectivity index (χ1v) is 6.35. The Labute approximate surface area is 111 Å². The predicted molar refractivity (Wildman–Crippen MR) is 73.7 cm³/mol. The fourth-order valence-corrected chi connectivity index (χ4v) is 2.20. The molecule has 1 saturated heterocycles. The van der Waals surface area contributed by atoms with Crippen LogP contribution in [0.25, 0.3) is 0 Å². The molecule has 2 unspecified atom stereocenters. The molecule has 1 N–H and O–H groups in total. The minimum Gasteiger partial charge on any atom is -0.342 e. The van der Waals surface area contributed by atoms with Gasteiger partial charge in [-0.15, -0.1) is 12.4 Å². The highest BCUT2D eigenvalue weighted by Gasteiger charge is 2.26. The number of likely N-dealkylation sites (N-methyl/N-ethyl adjacent to an activating group) is 1. The molecule has 0 spiro atoms. The van der Waals surface area contributed by atoms with E-state index in [1.165, 1.54) is 0 Å². The average molecular weight is 264 g/mol. The van der Waals surface area contributed by atoms with Crippen LogP contribution in [0.1, 0.15) is 27.7 Å². The fraction of sp³-hybridized carbons (Fsp3) is 0.917. The van der Waals surface area contributed by atoms with Gasteiger partial charge in [0, 0.05) is 38.3 Å². The Hall–Kier alpha value is -0.320. The van der Waals surface area contributed by atoms with Gasteiger partial charge in [0.2, 0.25) is 5.91 Å². The summed E-state index contributed by atoms with van der Waals surface area (Å²) in [5, 5.41) is 3.43. The second-order valence-corrected chi connectivity index (χ2v) is 4.52. The summed E-state index contributed by atoms with van der Waals surface area (Å²) in [5.74, 6) is 0.256. The Morgan fingerprint density at radius 1 is 1.35 bits per heavy atom. The Balaban J connectivity index is 0.00000256. The van der Waals surface area contributed by atoms with Crippen molar-refractivity contribution in [2.24, 2.45) is 0 Å². The van der Waals surface area contributed by atoms with Gasteiger partial charge in [-0.3, -0.25) is 9.69 Å². The van der Waals surface area contributed by atoms with Crippen LogP contribution in [-0.2, 0) is 4.79 Å². The molecule has 0 aliphatic carbocycles. The van der Waals surface area contributed by atoms with Crippen molar-refractivity contribution in [1.82, 2.24) is 15.1 Å². The SMILES string of the molecule is CCN(CC)C(=O)CN1CCNC(C)C1C.Cl. The maximum atomic E-state index is 12.0. The van der Waals surface area contributed by atoms with Crippen molar-refractivity contribution in [3.63, 3.8) is 0 Å². The largest absolute Gasteiger partial charge is 0.342 e. The first-order chi connectivity index (χ1) is 7.60. The molecule has 0 aromatic rings. The number of hydrogen-bond acceptors (Lipinski definition) is 3. The number of nitrogens with one attached hydrogen (secondary N) is 1. The van der Waals surface area contributed by atoms with Crippen molar-refractivity contribution in [1.29, 1.82) is 0 Å². The molecule has 1 aliphatic rings. The summed E-state index contributed by atoms with van der Waals surface area (Å²) in [7, 11) is 0. The Morgan fingerprint density at radius 3 is 2.47 bits per heavy atom. The summed E-state index contributed by atoms with van der Waals surface area (Å²) in [5.41, 5.74) is 0. The molecule has 5 heteroatoms. The molecule has 1 amide bonds. The van der Waals surface area contributed by atoms with E-state index in [1.807, 2.05) is 18.7 Å². The van der Waals surface area contributed by atoms with E-state index in [0.29, 0.717) is 18.6 Å². The highest BCUT2D eigenvalue weighted by Crippen LogP contribution is 2.08. The van der Waals surface area contributed by atoms with Gasteiger partial charge in [0.15, 0.2) is 0 Å². The van der Waals surface area contributed by atoms with Crippen LogP contribution in [0.15, 0.2) is 0 Å². The molecular formula is C12H26ClN3O. The number of carbonyl (C=O) groups is 1. The van der Waals surface area contributed by atoms with E-state index in [2.05, 4.69) is 24.1 Å². The van der Waals surface area contributed by atoms with Crippen LogP contribution in [0.5, 0.6) is 0 Å². The summed E-state index contributed by atoms with van der Waals surface area (Å²) in [4.78, 5) is 16.2. The zero-order valence-electron chi connectivity index (χ0n) is 11.4. The summed E-state index contributed by atoms with van der Waals surface area (Å²) in [6.07, 6.45) is 0. The van der Waals surface area contributed by atoms with E-state index in [4.69, 9.17) is 0 Å². The molecule has 0 aromatic heterocycles. The lowest BCUT2D eigenvalue weighted by Crippen LogP contribution is -2.57. The number of amides is 1. The van der Waals surface area contributed by atoms with Gasteiger partial charge in [0.1, 0.15) is 0 Å². The molecule has 4 nitrogen and oxygen atoms in total. The van der Waals surface area contributed by atoms with E-state index >= 15 is 0 Å². The highest BCUT2D eigenvalue weighted by atomic mass is 35.5. The molecule has 102 valence electrons. The van der Waals surface area contributed by atoms with Crippen molar-refractivity contribution in [2.75, 3.05) is 32.7 Å². The zero-order valence-corrected chi connectivity index (χ0v) is 12.2. The van der Waals surface area contributed by atoms with Gasteiger partial charge in [-0.2, -0.15) is 0 Å². The van der Waals surface area contributed by atoms with E-state index in [0.717, 1.165) is 26.2 Å². The number of hydrogen-bond donors (Lipinski definition) is 1. The van der Waals surface area contributed by atoms with Crippen molar-refractivity contribution in [3.05, 3.63) is 0 Å². The van der Waals surface area contributed by atoms with Gasteiger partial charge in [-0.1, -0.05) is 0 Å². The summed E-state index contributed by atoms with van der Waals surface area (Å²) in [6.45, 7) is 12.6. The predicted octanol–water partition coefficient (Wildman–Crippen LogP) is 0.959. The number of nitrogens with zero attached hydrogens (tertiary/aromatic N) is 2. The third-order valence-electron chi connectivity index (χ3n) is 3.62. The molecule has 0 saturated carbocycles. The fourth-order valence-electron chi connectivity index (χ4n) is 2.20. The Morgan fingerprint density at radius 2 is 1.94 bits per heavy atom. The van der Waals surface area contributed by atoms with Gasteiger partial charge in [0.05, 0.1) is 6.54 Å². The van der Waals surface area contributed by atoms with Gasteiger partial charge < -0.3 is 10.2 Å². The lowest BCUT2D eigenvalue weighted by atomic mass is 10.1. The van der Waals surface area contributed by atoms with Crippen LogP contribution in [0.4, 0.5) is 0 Å². The van der Waals surface area contributed by atoms with Crippen LogP contribution in [0, 0.1) is 0 Å². The van der Waals surface area contributed by atoms with Gasteiger partial charge in [-0.05, 0) is 27.7 Å². The summed E-state index contributed by atoms with van der Waals surface area (Å²) < 4.78 is 0. The number of carbonyl (C=O) groups excluding carboxylic acids is 1. The summed E-state index contributed by atoms with van der Waals surface area (Å²) in [6, 6.07) is 0.909. The standard InChI is InChI=1S/C12H25N3O.ClH/c1-5-14(6-2)12(16)9-15-8-7-13-10(3)11(15)4;/h10-11,13H,5-9H2,1-4H3;1H. The van der Waals surface area contributed by atoms with Crippen molar-refractivity contribution in [2.45, 2.75) is 39.8 Å². The molecule has 1 rings (SSSR count). The monoisotopic (exact) mass is 263 g/mol. The average Bonchev–Trinajstić information content (AvgIpc) is 2.26. The van der Waals surface area contributed by atoms with Gasteiger partial charge in [-0.25, -0.2) is 0 Å². The first kappa shape index (κ1) is 16.7. The van der Waals surface area contributed by atoms with Gasteiger partial charge >= 0.3 is 0 Å². The van der Waals surface area contributed by atoms with Crippen LogP contribution in [-0.4, -0.2) is 60.5 Å². The molecular weight excluding hydrogens is 238 g/mol. The van der Waals surface area contributed by atoms with E-state index in [1.54, 1.807) is 0 Å². The van der Waals surface area contributed by atoms with Crippen molar-refractivity contribution in [3.8, 4) is 0 Å². The Kier molecular flexibility index (Phi) is 7.75. The summed E-state index contributed by atoms with van der Waals surface area (Å²) >= 11 is 0. The van der Waals surface area contributed by atoms with E-state index < -0.39 is 0 Å². The number of piperazine rings is 1. The lowest BCUT2D eigenvalue weighted by molar-refractivity contribution is -0.133. The van der Waals surface area contributed by atoms with Crippen LogP contribution in [0.3, 0.4) is 0 Å². The minimum atomic E-state index is 0. The van der Waals surface area contributed by atoms with E-state index in [9.17, 15) is 4.79 Å².